The molecule has 5 rings (SSSR count). The second kappa shape index (κ2) is 9.19. The van der Waals surface area contributed by atoms with Crippen molar-refractivity contribution in [3.05, 3.63) is 118 Å². The molecule has 34 heavy (non-hydrogen) atoms. The zero-order valence-electron chi connectivity index (χ0n) is 17.9. The van der Waals surface area contributed by atoms with Crippen molar-refractivity contribution in [2.45, 2.75) is 13.2 Å². The molecule has 2 heterocycles. The zero-order valence-corrected chi connectivity index (χ0v) is 17.9. The Morgan fingerprint density at radius 3 is 2.15 bits per heavy atom. The van der Waals surface area contributed by atoms with Crippen LogP contribution in [0.4, 0.5) is 8.78 Å². The third-order valence-electron chi connectivity index (χ3n) is 5.21. The van der Waals surface area contributed by atoms with E-state index < -0.39 is 17.3 Å². The van der Waals surface area contributed by atoms with E-state index in [-0.39, 0.29) is 41.7 Å². The number of aromatic amines is 1. The molecule has 0 aliphatic heterocycles. The zero-order chi connectivity index (χ0) is 23.5. The first-order chi connectivity index (χ1) is 16.6. The summed E-state index contributed by atoms with van der Waals surface area (Å²) in [5, 5.41) is 0. The number of fused-ring (bicyclic) bond motifs is 1. The summed E-state index contributed by atoms with van der Waals surface area (Å²) in [4.78, 5) is 19.6. The van der Waals surface area contributed by atoms with Gasteiger partial charge in [-0.1, -0.05) is 60.7 Å². The summed E-state index contributed by atoms with van der Waals surface area (Å²) >= 11 is 0. The number of ether oxygens (including phenoxy) is 2. The molecule has 0 spiro atoms. The van der Waals surface area contributed by atoms with Gasteiger partial charge in [0.2, 0.25) is 11.8 Å². The van der Waals surface area contributed by atoms with E-state index in [4.69, 9.17) is 9.47 Å². The van der Waals surface area contributed by atoms with Gasteiger partial charge in [0.25, 0.3) is 0 Å². The highest BCUT2D eigenvalue weighted by atomic mass is 19.1. The van der Waals surface area contributed by atoms with Gasteiger partial charge in [0.1, 0.15) is 30.2 Å². The minimum absolute atomic E-state index is 0.0341. The molecule has 2 aromatic heterocycles. The van der Waals surface area contributed by atoms with E-state index in [9.17, 15) is 13.6 Å². The summed E-state index contributed by atoms with van der Waals surface area (Å²) in [6.45, 7) is 0.456. The number of hydrogen-bond acceptors (Lipinski definition) is 4. The normalized spacial score (nSPS) is 11.0. The van der Waals surface area contributed by atoms with Crippen LogP contribution in [0.25, 0.3) is 16.7 Å². The van der Waals surface area contributed by atoms with Gasteiger partial charge in [-0.05, 0) is 17.2 Å². The molecule has 8 heteroatoms. The van der Waals surface area contributed by atoms with E-state index in [1.165, 1.54) is 0 Å². The summed E-state index contributed by atoms with van der Waals surface area (Å²) in [5.41, 5.74) is 1.35. The number of benzene rings is 3. The lowest BCUT2D eigenvalue weighted by Gasteiger charge is -2.14. The van der Waals surface area contributed by atoms with Gasteiger partial charge in [0, 0.05) is 18.2 Å². The van der Waals surface area contributed by atoms with Crippen LogP contribution in [-0.2, 0) is 13.2 Å². The Morgan fingerprint density at radius 1 is 0.824 bits per heavy atom. The third-order valence-corrected chi connectivity index (χ3v) is 5.21. The van der Waals surface area contributed by atoms with Gasteiger partial charge in [-0.2, -0.15) is 4.98 Å². The van der Waals surface area contributed by atoms with Crippen LogP contribution in [0.3, 0.4) is 0 Å². The first-order valence-corrected chi connectivity index (χ1v) is 10.5. The molecule has 0 saturated heterocycles. The maximum atomic E-state index is 14.3. The Kier molecular flexibility index (Phi) is 5.78. The molecule has 0 aliphatic carbocycles. The van der Waals surface area contributed by atoms with Crippen molar-refractivity contribution in [1.82, 2.24) is 14.5 Å². The predicted octanol–water partition coefficient (Wildman–Crippen LogP) is 5.15. The van der Waals surface area contributed by atoms with Gasteiger partial charge in [0.05, 0.1) is 5.52 Å². The number of aromatic nitrogens is 3. The second-order valence-electron chi connectivity index (χ2n) is 7.57. The van der Waals surface area contributed by atoms with Crippen LogP contribution in [0, 0.1) is 11.6 Å². The maximum absolute atomic E-state index is 14.3. The van der Waals surface area contributed by atoms with Gasteiger partial charge in [-0.3, -0.25) is 4.57 Å². The average molecular weight is 459 g/mol. The molecule has 5 aromatic rings. The molecule has 0 unspecified atom stereocenters. The Bertz CT molecular complexity index is 1500. The van der Waals surface area contributed by atoms with Crippen LogP contribution in [-0.4, -0.2) is 14.5 Å². The molecule has 0 aliphatic rings. The van der Waals surface area contributed by atoms with E-state index in [1.54, 1.807) is 12.1 Å². The standard InChI is InChI=1S/C26H19F2N3O3/c27-19-13-20(28)24-22(14-19)31(26(32)30-24)21-11-12-23(33-15-17-7-3-1-4-8-17)29-25(21)34-16-18-9-5-2-6-10-18/h1-14H,15-16H2,(H,30,32). The van der Waals surface area contributed by atoms with Crippen molar-refractivity contribution >= 4 is 11.0 Å². The van der Waals surface area contributed by atoms with Crippen LogP contribution >= 0.6 is 0 Å². The molecule has 0 radical (unpaired) electrons. The molecule has 0 amide bonds. The minimum atomic E-state index is -0.867. The summed E-state index contributed by atoms with van der Waals surface area (Å²) in [6, 6.07) is 23.9. The molecular formula is C26H19F2N3O3. The van der Waals surface area contributed by atoms with Gasteiger partial charge in [-0.15, -0.1) is 0 Å². The number of nitrogens with one attached hydrogen (secondary N) is 1. The fourth-order valence-electron chi connectivity index (χ4n) is 3.60. The van der Waals surface area contributed by atoms with Crippen LogP contribution < -0.4 is 15.2 Å². The lowest BCUT2D eigenvalue weighted by molar-refractivity contribution is 0.267. The van der Waals surface area contributed by atoms with Crippen LogP contribution in [0.5, 0.6) is 11.8 Å². The molecule has 0 saturated carbocycles. The second-order valence-corrected chi connectivity index (χ2v) is 7.57. The van der Waals surface area contributed by atoms with Crippen molar-refractivity contribution in [3.63, 3.8) is 0 Å². The van der Waals surface area contributed by atoms with Gasteiger partial charge >= 0.3 is 5.69 Å². The first kappa shape index (κ1) is 21.4. The van der Waals surface area contributed by atoms with E-state index >= 15 is 0 Å². The van der Waals surface area contributed by atoms with Gasteiger partial charge in [0.15, 0.2) is 5.82 Å². The van der Waals surface area contributed by atoms with Gasteiger partial charge in [-0.25, -0.2) is 13.6 Å². The predicted molar refractivity (Wildman–Crippen MR) is 123 cm³/mol. The highest BCUT2D eigenvalue weighted by Gasteiger charge is 2.19. The Labute approximate surface area is 193 Å². The topological polar surface area (TPSA) is 69.1 Å². The minimum Gasteiger partial charge on any atom is -0.473 e. The average Bonchev–Trinajstić information content (AvgIpc) is 3.18. The van der Waals surface area contributed by atoms with Crippen LogP contribution in [0.1, 0.15) is 11.1 Å². The molecule has 0 atom stereocenters. The van der Waals surface area contributed by atoms with E-state index in [0.717, 1.165) is 21.8 Å². The summed E-state index contributed by atoms with van der Waals surface area (Å²) in [5.74, 6) is -1.31. The quantitative estimate of drug-likeness (QED) is 0.366. The SMILES string of the molecule is O=c1[nH]c2c(F)cc(F)cc2n1-c1ccc(OCc2ccccc2)nc1OCc1ccccc1. The molecule has 3 aromatic carbocycles. The third kappa shape index (κ3) is 4.38. The Balaban J connectivity index is 1.55. The molecule has 170 valence electrons. The number of rotatable bonds is 7. The number of halogens is 2. The number of nitrogens with zero attached hydrogens (tertiary/aromatic N) is 2. The lowest BCUT2D eigenvalue weighted by Crippen LogP contribution is -2.16. The fourth-order valence-corrected chi connectivity index (χ4v) is 3.60. The highest BCUT2D eigenvalue weighted by molar-refractivity contribution is 5.78. The van der Waals surface area contributed by atoms with Crippen molar-refractivity contribution in [1.29, 1.82) is 0 Å². The molecule has 0 fully saturated rings. The molecular weight excluding hydrogens is 440 g/mol. The largest absolute Gasteiger partial charge is 0.473 e. The van der Waals surface area contributed by atoms with Crippen molar-refractivity contribution in [2.75, 3.05) is 0 Å². The number of pyridine rings is 1. The smallest absolute Gasteiger partial charge is 0.331 e. The Morgan fingerprint density at radius 2 is 1.47 bits per heavy atom. The first-order valence-electron chi connectivity index (χ1n) is 10.5. The monoisotopic (exact) mass is 459 g/mol. The summed E-state index contributed by atoms with van der Waals surface area (Å²) in [6.07, 6.45) is 0. The van der Waals surface area contributed by atoms with Crippen molar-refractivity contribution < 1.29 is 18.3 Å². The van der Waals surface area contributed by atoms with E-state index in [2.05, 4.69) is 9.97 Å². The van der Waals surface area contributed by atoms with Gasteiger partial charge < -0.3 is 14.5 Å². The van der Waals surface area contributed by atoms with E-state index in [1.807, 2.05) is 60.7 Å². The fraction of sp³-hybridized carbons (Fsp3) is 0.0769. The molecule has 6 nitrogen and oxygen atoms in total. The van der Waals surface area contributed by atoms with E-state index in [0.29, 0.717) is 6.07 Å². The summed E-state index contributed by atoms with van der Waals surface area (Å²) in [7, 11) is 0. The molecule has 1 N–H and O–H groups in total. The summed E-state index contributed by atoms with van der Waals surface area (Å²) < 4.78 is 41.1. The van der Waals surface area contributed by atoms with Crippen molar-refractivity contribution in [3.8, 4) is 17.4 Å². The number of H-pyrrole nitrogens is 1. The number of hydrogen-bond donors (Lipinski definition) is 1. The maximum Gasteiger partial charge on any atom is 0.331 e. The number of imidazole rings is 1. The molecule has 0 bridgehead atoms. The lowest BCUT2D eigenvalue weighted by atomic mass is 10.2. The van der Waals surface area contributed by atoms with Crippen molar-refractivity contribution in [2.24, 2.45) is 0 Å². The highest BCUT2D eigenvalue weighted by Crippen LogP contribution is 2.28. The van der Waals surface area contributed by atoms with Crippen LogP contribution in [0.15, 0.2) is 89.7 Å². The van der Waals surface area contributed by atoms with Crippen LogP contribution in [0.2, 0.25) is 0 Å². The Hall–Kier alpha value is -4.46.